The van der Waals surface area contributed by atoms with Gasteiger partial charge in [-0.1, -0.05) is 37.0 Å². The Labute approximate surface area is 131 Å². The van der Waals surface area contributed by atoms with Crippen molar-refractivity contribution in [2.45, 2.75) is 26.4 Å². The Balaban J connectivity index is 2.58. The quantitative estimate of drug-likeness (QED) is 0.745. The van der Waals surface area contributed by atoms with Crippen LogP contribution in [0.1, 0.15) is 20.3 Å². The summed E-state index contributed by atoms with van der Waals surface area (Å²) in [5.41, 5.74) is 0. The lowest BCUT2D eigenvalue weighted by molar-refractivity contribution is 0.0345. The normalized spacial score (nSPS) is 12.7. The van der Waals surface area contributed by atoms with Gasteiger partial charge in [0.25, 0.3) is 0 Å². The van der Waals surface area contributed by atoms with Crippen molar-refractivity contribution in [3.8, 4) is 5.75 Å². The van der Waals surface area contributed by atoms with Crippen molar-refractivity contribution in [3.63, 3.8) is 0 Å². The molecule has 0 saturated carbocycles. The molecule has 114 valence electrons. The molecule has 5 heteroatoms. The van der Waals surface area contributed by atoms with Crippen LogP contribution in [0, 0.1) is 5.92 Å². The van der Waals surface area contributed by atoms with Gasteiger partial charge in [0, 0.05) is 11.6 Å². The molecule has 3 nitrogen and oxygen atoms in total. The van der Waals surface area contributed by atoms with E-state index in [-0.39, 0.29) is 6.10 Å². The van der Waals surface area contributed by atoms with Gasteiger partial charge in [-0.15, -0.1) is 0 Å². The van der Waals surface area contributed by atoms with Crippen LogP contribution in [-0.2, 0) is 4.74 Å². The summed E-state index contributed by atoms with van der Waals surface area (Å²) in [5, 5.41) is 4.24. The third kappa shape index (κ3) is 6.80. The Morgan fingerprint density at radius 1 is 1.20 bits per heavy atom. The largest absolute Gasteiger partial charge is 0.486 e. The lowest BCUT2D eigenvalue weighted by Crippen LogP contribution is -2.28. The zero-order chi connectivity index (χ0) is 15.0. The van der Waals surface area contributed by atoms with Crippen LogP contribution in [0.4, 0.5) is 0 Å². The predicted octanol–water partition coefficient (Wildman–Crippen LogP) is 4.02. The Kier molecular flexibility index (Phi) is 8.31. The molecule has 0 aromatic heterocycles. The SMILES string of the molecule is CNCC[C@H](COCC(C)C)Oc1ccc(Cl)cc1Cl. The fourth-order valence-corrected chi connectivity index (χ4v) is 2.12. The highest BCUT2D eigenvalue weighted by Gasteiger charge is 2.13. The molecular formula is C15H23Cl2NO2. The molecule has 0 fully saturated rings. The average molecular weight is 320 g/mol. The van der Waals surface area contributed by atoms with Crippen LogP contribution < -0.4 is 10.1 Å². The highest BCUT2D eigenvalue weighted by molar-refractivity contribution is 6.35. The molecule has 1 atom stereocenters. The number of ether oxygens (including phenoxy) is 2. The Hall–Kier alpha value is -0.480. The fraction of sp³-hybridized carbons (Fsp3) is 0.600. The Morgan fingerprint density at radius 3 is 2.55 bits per heavy atom. The Morgan fingerprint density at radius 2 is 1.95 bits per heavy atom. The van der Waals surface area contributed by atoms with Crippen molar-refractivity contribution in [1.82, 2.24) is 5.32 Å². The minimum atomic E-state index is -0.0279. The van der Waals surface area contributed by atoms with Gasteiger partial charge in [-0.3, -0.25) is 0 Å². The summed E-state index contributed by atoms with van der Waals surface area (Å²) in [7, 11) is 1.92. The van der Waals surface area contributed by atoms with Crippen molar-refractivity contribution in [3.05, 3.63) is 28.2 Å². The highest BCUT2D eigenvalue weighted by Crippen LogP contribution is 2.28. The van der Waals surface area contributed by atoms with Crippen molar-refractivity contribution >= 4 is 23.2 Å². The van der Waals surface area contributed by atoms with E-state index in [9.17, 15) is 0 Å². The topological polar surface area (TPSA) is 30.5 Å². The summed E-state index contributed by atoms with van der Waals surface area (Å²) in [6, 6.07) is 5.24. The smallest absolute Gasteiger partial charge is 0.138 e. The molecule has 1 aromatic carbocycles. The third-order valence-corrected chi connectivity index (χ3v) is 3.19. The van der Waals surface area contributed by atoms with E-state index in [1.54, 1.807) is 18.2 Å². The van der Waals surface area contributed by atoms with Crippen LogP contribution in [0.25, 0.3) is 0 Å². The average Bonchev–Trinajstić information content (AvgIpc) is 2.38. The number of halogens is 2. The van der Waals surface area contributed by atoms with Gasteiger partial charge in [-0.25, -0.2) is 0 Å². The summed E-state index contributed by atoms with van der Waals surface area (Å²) >= 11 is 12.0. The van der Waals surface area contributed by atoms with E-state index in [2.05, 4.69) is 19.2 Å². The fourth-order valence-electron chi connectivity index (χ4n) is 1.67. The first-order valence-corrected chi connectivity index (χ1v) is 7.62. The zero-order valence-corrected chi connectivity index (χ0v) is 13.8. The second-order valence-electron chi connectivity index (χ2n) is 5.14. The van der Waals surface area contributed by atoms with E-state index in [4.69, 9.17) is 32.7 Å². The maximum absolute atomic E-state index is 6.13. The van der Waals surface area contributed by atoms with Crippen LogP contribution in [0.2, 0.25) is 10.0 Å². The third-order valence-electron chi connectivity index (χ3n) is 2.66. The first kappa shape index (κ1) is 17.6. The number of hydrogen-bond acceptors (Lipinski definition) is 3. The molecule has 0 aliphatic heterocycles. The van der Waals surface area contributed by atoms with Crippen LogP contribution in [0.5, 0.6) is 5.75 Å². The first-order valence-electron chi connectivity index (χ1n) is 6.87. The number of nitrogens with one attached hydrogen (secondary N) is 1. The van der Waals surface area contributed by atoms with E-state index in [0.29, 0.717) is 28.3 Å². The molecule has 1 rings (SSSR count). The number of rotatable bonds is 9. The second-order valence-corrected chi connectivity index (χ2v) is 5.98. The summed E-state index contributed by atoms with van der Waals surface area (Å²) in [5.74, 6) is 1.16. The molecule has 0 unspecified atom stereocenters. The zero-order valence-electron chi connectivity index (χ0n) is 12.3. The molecule has 0 heterocycles. The molecule has 0 radical (unpaired) electrons. The molecule has 1 N–H and O–H groups in total. The molecule has 0 aliphatic carbocycles. The minimum Gasteiger partial charge on any atom is -0.486 e. The maximum Gasteiger partial charge on any atom is 0.138 e. The first-order chi connectivity index (χ1) is 9.52. The van der Waals surface area contributed by atoms with Gasteiger partial charge in [0.05, 0.1) is 11.6 Å². The summed E-state index contributed by atoms with van der Waals surface area (Å²) in [4.78, 5) is 0. The van der Waals surface area contributed by atoms with Gasteiger partial charge in [0.2, 0.25) is 0 Å². The molecule has 0 saturated heterocycles. The Bertz CT molecular complexity index is 399. The molecular weight excluding hydrogens is 297 g/mol. The molecule has 20 heavy (non-hydrogen) atoms. The molecule has 0 spiro atoms. The highest BCUT2D eigenvalue weighted by atomic mass is 35.5. The van der Waals surface area contributed by atoms with Gasteiger partial charge in [0.1, 0.15) is 11.9 Å². The van der Waals surface area contributed by atoms with Gasteiger partial charge >= 0.3 is 0 Å². The monoisotopic (exact) mass is 319 g/mol. The number of benzene rings is 1. The van der Waals surface area contributed by atoms with E-state index >= 15 is 0 Å². The van der Waals surface area contributed by atoms with Gasteiger partial charge in [0.15, 0.2) is 0 Å². The van der Waals surface area contributed by atoms with Crippen molar-refractivity contribution < 1.29 is 9.47 Å². The lowest BCUT2D eigenvalue weighted by atomic mass is 10.2. The maximum atomic E-state index is 6.13. The molecule has 1 aromatic rings. The van der Waals surface area contributed by atoms with Gasteiger partial charge < -0.3 is 14.8 Å². The minimum absolute atomic E-state index is 0.0279. The van der Waals surface area contributed by atoms with Crippen LogP contribution in [0.15, 0.2) is 18.2 Å². The van der Waals surface area contributed by atoms with E-state index in [1.807, 2.05) is 7.05 Å². The number of hydrogen-bond donors (Lipinski definition) is 1. The van der Waals surface area contributed by atoms with Gasteiger partial charge in [-0.2, -0.15) is 0 Å². The van der Waals surface area contributed by atoms with E-state index < -0.39 is 0 Å². The van der Waals surface area contributed by atoms with Crippen molar-refractivity contribution in [2.24, 2.45) is 5.92 Å². The van der Waals surface area contributed by atoms with Crippen LogP contribution in [-0.4, -0.2) is 32.9 Å². The van der Waals surface area contributed by atoms with Crippen LogP contribution >= 0.6 is 23.2 Å². The summed E-state index contributed by atoms with van der Waals surface area (Å²) in [6.45, 7) is 6.40. The standard InChI is InChI=1S/C15H23Cl2NO2/c1-11(2)9-19-10-13(6-7-18-3)20-15-5-4-12(16)8-14(15)17/h4-5,8,11,13,18H,6-7,9-10H2,1-3H3/t13-/m1/s1. The predicted molar refractivity (Wildman–Crippen MR) is 85.1 cm³/mol. The summed E-state index contributed by atoms with van der Waals surface area (Å²) in [6.07, 6.45) is 0.827. The summed E-state index contributed by atoms with van der Waals surface area (Å²) < 4.78 is 11.6. The van der Waals surface area contributed by atoms with E-state index in [1.165, 1.54) is 0 Å². The van der Waals surface area contributed by atoms with Crippen molar-refractivity contribution in [1.29, 1.82) is 0 Å². The van der Waals surface area contributed by atoms with E-state index in [0.717, 1.165) is 19.6 Å². The lowest BCUT2D eigenvalue weighted by Gasteiger charge is -2.20. The van der Waals surface area contributed by atoms with Crippen molar-refractivity contribution in [2.75, 3.05) is 26.8 Å². The molecule has 0 aliphatic rings. The molecule has 0 amide bonds. The second kappa shape index (κ2) is 9.46. The van der Waals surface area contributed by atoms with Gasteiger partial charge in [-0.05, 0) is 44.1 Å². The van der Waals surface area contributed by atoms with Crippen LogP contribution in [0.3, 0.4) is 0 Å². The molecule has 0 bridgehead atoms.